The molecule has 3 aromatic rings. The maximum Gasteiger partial charge on any atom is 0.264 e. The van der Waals surface area contributed by atoms with Gasteiger partial charge in [-0.15, -0.1) is 0 Å². The van der Waals surface area contributed by atoms with Gasteiger partial charge in [0, 0.05) is 20.9 Å². The number of nitrogens with zero attached hydrogens (tertiary/aromatic N) is 1. The maximum absolute atomic E-state index is 13.1. The van der Waals surface area contributed by atoms with E-state index in [0.717, 1.165) is 14.8 Å². The van der Waals surface area contributed by atoms with Gasteiger partial charge in [0.25, 0.3) is 15.9 Å². The molecule has 1 N–H and O–H groups in total. The second kappa shape index (κ2) is 7.79. The largest absolute Gasteiger partial charge is 0.322 e. The highest BCUT2D eigenvalue weighted by Crippen LogP contribution is 2.37. The Morgan fingerprint density at radius 3 is 2.41 bits per heavy atom. The number of carbonyl (C=O) groups excluding carboxylic acids is 1. The fraction of sp³-hybridized carbons (Fsp3) is 0.136. The van der Waals surface area contributed by atoms with Gasteiger partial charge in [-0.2, -0.15) is 0 Å². The van der Waals surface area contributed by atoms with Crippen molar-refractivity contribution in [2.24, 2.45) is 0 Å². The lowest BCUT2D eigenvalue weighted by atomic mass is 10.1. The predicted molar refractivity (Wildman–Crippen MR) is 123 cm³/mol. The number of anilines is 2. The average Bonchev–Trinajstić information content (AvgIpc) is 3.06. The van der Waals surface area contributed by atoms with Crippen molar-refractivity contribution in [3.8, 4) is 0 Å². The number of sulfonamides is 1. The molecule has 0 radical (unpaired) electrons. The molecule has 7 heteroatoms. The molecule has 29 heavy (non-hydrogen) atoms. The summed E-state index contributed by atoms with van der Waals surface area (Å²) in [7, 11) is -3.65. The molecule has 1 amide bonds. The molecule has 4 rings (SSSR count). The van der Waals surface area contributed by atoms with E-state index < -0.39 is 10.0 Å². The summed E-state index contributed by atoms with van der Waals surface area (Å²) in [5.74, 6) is -0.217. The first kappa shape index (κ1) is 19.9. The summed E-state index contributed by atoms with van der Waals surface area (Å²) in [5.41, 5.74) is 2.71. The van der Waals surface area contributed by atoms with Crippen molar-refractivity contribution in [3.05, 3.63) is 87.5 Å². The SMILES string of the molecule is C[C@H]1Cc2cc(C(=O)Nc3ccc(I)cc3)ccc2N1S(=O)(=O)c1ccccc1. The summed E-state index contributed by atoms with van der Waals surface area (Å²) in [4.78, 5) is 12.9. The van der Waals surface area contributed by atoms with Crippen molar-refractivity contribution in [2.75, 3.05) is 9.62 Å². The van der Waals surface area contributed by atoms with Crippen molar-refractivity contribution in [1.82, 2.24) is 0 Å². The summed E-state index contributed by atoms with van der Waals surface area (Å²) >= 11 is 2.21. The summed E-state index contributed by atoms with van der Waals surface area (Å²) in [6.45, 7) is 1.88. The molecule has 1 aliphatic rings. The van der Waals surface area contributed by atoms with Gasteiger partial charge in [-0.1, -0.05) is 18.2 Å². The molecule has 3 aromatic carbocycles. The van der Waals surface area contributed by atoms with Crippen LogP contribution < -0.4 is 9.62 Å². The fourth-order valence-corrected chi connectivity index (χ4v) is 5.63. The molecule has 0 saturated heterocycles. The first-order valence-electron chi connectivity index (χ1n) is 9.15. The van der Waals surface area contributed by atoms with Gasteiger partial charge in [0.05, 0.1) is 10.6 Å². The van der Waals surface area contributed by atoms with Crippen LogP contribution in [0.25, 0.3) is 0 Å². The van der Waals surface area contributed by atoms with Crippen LogP contribution in [0.2, 0.25) is 0 Å². The van der Waals surface area contributed by atoms with E-state index >= 15 is 0 Å². The van der Waals surface area contributed by atoms with Crippen LogP contribution in [0.3, 0.4) is 0 Å². The number of hydrogen-bond donors (Lipinski definition) is 1. The van der Waals surface area contributed by atoms with Crippen molar-refractivity contribution >= 4 is 49.9 Å². The van der Waals surface area contributed by atoms with E-state index in [1.165, 1.54) is 4.31 Å². The Balaban J connectivity index is 1.62. The Bertz CT molecular complexity index is 1160. The third-order valence-electron chi connectivity index (χ3n) is 4.90. The average molecular weight is 518 g/mol. The van der Waals surface area contributed by atoms with E-state index in [0.29, 0.717) is 17.7 Å². The van der Waals surface area contributed by atoms with E-state index in [2.05, 4.69) is 27.9 Å². The van der Waals surface area contributed by atoms with Gasteiger partial charge in [-0.3, -0.25) is 9.10 Å². The number of amides is 1. The lowest BCUT2D eigenvalue weighted by molar-refractivity contribution is 0.102. The van der Waals surface area contributed by atoms with Crippen molar-refractivity contribution < 1.29 is 13.2 Å². The van der Waals surface area contributed by atoms with Crippen LogP contribution in [0.1, 0.15) is 22.8 Å². The van der Waals surface area contributed by atoms with Gasteiger partial charge in [-0.25, -0.2) is 8.42 Å². The topological polar surface area (TPSA) is 66.5 Å². The van der Waals surface area contributed by atoms with E-state index in [1.807, 2.05) is 31.2 Å². The number of fused-ring (bicyclic) bond motifs is 1. The number of benzene rings is 3. The van der Waals surface area contributed by atoms with E-state index in [-0.39, 0.29) is 16.8 Å². The van der Waals surface area contributed by atoms with Crippen LogP contribution in [0.5, 0.6) is 0 Å². The normalized spacial score (nSPS) is 15.8. The Hall–Kier alpha value is -2.39. The summed E-state index contributed by atoms with van der Waals surface area (Å²) in [6, 6.07) is 20.9. The number of halogens is 1. The lowest BCUT2D eigenvalue weighted by Gasteiger charge is -2.24. The number of rotatable bonds is 4. The summed E-state index contributed by atoms with van der Waals surface area (Å²) in [5, 5.41) is 2.88. The van der Waals surface area contributed by atoms with Crippen LogP contribution in [-0.2, 0) is 16.4 Å². The summed E-state index contributed by atoms with van der Waals surface area (Å²) in [6.07, 6.45) is 0.562. The van der Waals surface area contributed by atoms with Crippen LogP contribution in [0.4, 0.5) is 11.4 Å². The zero-order valence-corrected chi connectivity index (χ0v) is 18.6. The molecule has 1 heterocycles. The molecule has 0 aromatic heterocycles. The molecule has 1 aliphatic heterocycles. The van der Waals surface area contributed by atoms with Crippen LogP contribution in [0.15, 0.2) is 77.7 Å². The highest BCUT2D eigenvalue weighted by atomic mass is 127. The molecule has 0 fully saturated rings. The monoisotopic (exact) mass is 518 g/mol. The van der Waals surface area contributed by atoms with Crippen LogP contribution in [-0.4, -0.2) is 20.4 Å². The standard InChI is InChI=1S/C22H19IN2O3S/c1-15-13-17-14-16(22(26)24-19-10-8-18(23)9-11-19)7-12-21(17)25(15)29(27,28)20-5-3-2-4-6-20/h2-12,14-15H,13H2,1H3,(H,24,26)/t15-/m0/s1. The molecule has 1 atom stereocenters. The zero-order valence-electron chi connectivity index (χ0n) is 15.7. The molecule has 0 spiro atoms. The Morgan fingerprint density at radius 1 is 1.03 bits per heavy atom. The molecular weight excluding hydrogens is 499 g/mol. The Kier molecular flexibility index (Phi) is 5.35. The Morgan fingerprint density at radius 2 is 1.72 bits per heavy atom. The first-order chi connectivity index (χ1) is 13.9. The van der Waals surface area contributed by atoms with Gasteiger partial charge in [0.15, 0.2) is 0 Å². The quantitative estimate of drug-likeness (QED) is 0.510. The highest BCUT2D eigenvalue weighted by molar-refractivity contribution is 14.1. The number of carbonyl (C=O) groups is 1. The maximum atomic E-state index is 13.1. The van der Waals surface area contributed by atoms with Gasteiger partial charge < -0.3 is 5.32 Å². The summed E-state index contributed by atoms with van der Waals surface area (Å²) < 4.78 is 28.8. The third-order valence-corrected chi connectivity index (χ3v) is 7.56. The predicted octanol–water partition coefficient (Wildman–Crippen LogP) is 4.68. The Labute approximate surface area is 183 Å². The minimum Gasteiger partial charge on any atom is -0.322 e. The second-order valence-corrected chi connectivity index (χ2v) is 10.0. The van der Waals surface area contributed by atoms with Crippen LogP contribution >= 0.6 is 22.6 Å². The second-order valence-electron chi connectivity index (χ2n) is 6.97. The van der Waals surface area contributed by atoms with Crippen molar-refractivity contribution in [3.63, 3.8) is 0 Å². The fourth-order valence-electron chi connectivity index (χ4n) is 3.55. The molecule has 0 saturated carbocycles. The van der Waals surface area contributed by atoms with Crippen molar-refractivity contribution in [2.45, 2.75) is 24.3 Å². The minimum absolute atomic E-state index is 0.217. The smallest absolute Gasteiger partial charge is 0.264 e. The van der Waals surface area contributed by atoms with Gasteiger partial charge in [0.2, 0.25) is 0 Å². The first-order valence-corrected chi connectivity index (χ1v) is 11.7. The van der Waals surface area contributed by atoms with Gasteiger partial charge >= 0.3 is 0 Å². The zero-order chi connectivity index (χ0) is 20.6. The number of nitrogens with one attached hydrogen (secondary N) is 1. The highest BCUT2D eigenvalue weighted by Gasteiger charge is 2.36. The molecule has 0 unspecified atom stereocenters. The van der Waals surface area contributed by atoms with Gasteiger partial charge in [-0.05, 0) is 96.1 Å². The minimum atomic E-state index is -3.65. The third kappa shape index (κ3) is 3.89. The molecule has 5 nitrogen and oxygen atoms in total. The van der Waals surface area contributed by atoms with Crippen molar-refractivity contribution in [1.29, 1.82) is 0 Å². The molecule has 148 valence electrons. The number of hydrogen-bond acceptors (Lipinski definition) is 3. The van der Waals surface area contributed by atoms with E-state index in [1.54, 1.807) is 48.5 Å². The molecule has 0 bridgehead atoms. The van der Waals surface area contributed by atoms with Gasteiger partial charge in [0.1, 0.15) is 0 Å². The lowest BCUT2D eigenvalue weighted by Crippen LogP contribution is -2.35. The van der Waals surface area contributed by atoms with Crippen LogP contribution in [0, 0.1) is 3.57 Å². The van der Waals surface area contributed by atoms with E-state index in [9.17, 15) is 13.2 Å². The van der Waals surface area contributed by atoms with E-state index in [4.69, 9.17) is 0 Å². The molecule has 0 aliphatic carbocycles. The molecular formula is C22H19IN2O3S.